The van der Waals surface area contributed by atoms with E-state index < -0.39 is 0 Å². The van der Waals surface area contributed by atoms with Crippen molar-refractivity contribution in [3.05, 3.63) is 42.7 Å². The number of halogens is 1. The normalized spacial score (nSPS) is 10.1. The first-order chi connectivity index (χ1) is 9.38. The van der Waals surface area contributed by atoms with Gasteiger partial charge in [-0.25, -0.2) is 0 Å². The lowest BCUT2D eigenvalue weighted by molar-refractivity contribution is -0.694. The van der Waals surface area contributed by atoms with Crippen LogP contribution in [0, 0.1) is 0 Å². The summed E-state index contributed by atoms with van der Waals surface area (Å²) in [5, 5.41) is 0. The lowest BCUT2D eigenvalue weighted by Crippen LogP contribution is -3.00. The molecular formula is C18H30ClN. The molecule has 0 aliphatic heterocycles. The molecular weight excluding hydrogens is 266 g/mol. The second-order valence-corrected chi connectivity index (χ2v) is 5.36. The minimum absolute atomic E-state index is 0. The average Bonchev–Trinajstić information content (AvgIpc) is 2.44. The number of aromatic nitrogens is 1. The third-order valence-corrected chi connectivity index (χ3v) is 3.65. The van der Waals surface area contributed by atoms with Crippen molar-refractivity contribution < 1.29 is 17.0 Å². The molecule has 0 aromatic carbocycles. The van der Waals surface area contributed by atoms with Crippen LogP contribution in [0.15, 0.2) is 37.1 Å². The van der Waals surface area contributed by atoms with Gasteiger partial charge in [0.15, 0.2) is 18.4 Å². The summed E-state index contributed by atoms with van der Waals surface area (Å²) in [6.07, 6.45) is 16.4. The van der Waals surface area contributed by atoms with E-state index in [2.05, 4.69) is 42.5 Å². The molecule has 0 saturated heterocycles. The van der Waals surface area contributed by atoms with Gasteiger partial charge in [-0.3, -0.25) is 0 Å². The largest absolute Gasteiger partial charge is 1.00 e. The Labute approximate surface area is 131 Å². The van der Waals surface area contributed by atoms with Crippen molar-refractivity contribution in [3.8, 4) is 0 Å². The van der Waals surface area contributed by atoms with Crippen LogP contribution in [0.3, 0.4) is 0 Å². The molecule has 1 rings (SSSR count). The van der Waals surface area contributed by atoms with Crippen molar-refractivity contribution >= 4 is 0 Å². The smallest absolute Gasteiger partial charge is 0.181 e. The molecule has 1 aromatic rings. The molecule has 0 aliphatic carbocycles. The Morgan fingerprint density at radius 1 is 1.00 bits per heavy atom. The molecule has 0 atom stereocenters. The number of hydrogen-bond donors (Lipinski definition) is 0. The first-order valence-electron chi connectivity index (χ1n) is 7.96. The zero-order chi connectivity index (χ0) is 13.8. The van der Waals surface area contributed by atoms with E-state index in [1.54, 1.807) is 0 Å². The molecule has 0 radical (unpaired) electrons. The minimum Gasteiger partial charge on any atom is -1.00 e. The molecule has 0 saturated carbocycles. The van der Waals surface area contributed by atoms with Crippen molar-refractivity contribution in [1.82, 2.24) is 0 Å². The number of hydrogen-bond acceptors (Lipinski definition) is 0. The molecule has 20 heavy (non-hydrogen) atoms. The summed E-state index contributed by atoms with van der Waals surface area (Å²) >= 11 is 0. The summed E-state index contributed by atoms with van der Waals surface area (Å²) in [7, 11) is 0. The number of nitrogens with zero attached hydrogens (tertiary/aromatic N) is 1. The Balaban J connectivity index is 0.00000361. The molecule has 0 unspecified atom stereocenters. The molecule has 114 valence electrons. The zero-order valence-electron chi connectivity index (χ0n) is 13.0. The van der Waals surface area contributed by atoms with Crippen LogP contribution in [0.1, 0.15) is 64.0 Å². The first-order valence-corrected chi connectivity index (χ1v) is 7.96. The molecule has 2 heteroatoms. The fourth-order valence-electron chi connectivity index (χ4n) is 2.50. The lowest BCUT2D eigenvalue weighted by atomic mass is 10.1. The van der Waals surface area contributed by atoms with Gasteiger partial charge in [-0.15, -0.1) is 0 Å². The van der Waals surface area contributed by atoms with Crippen LogP contribution in [0.4, 0.5) is 0 Å². The number of aryl methyl sites for hydroxylation is 1. The fraction of sp³-hybridized carbons (Fsp3) is 0.611. The van der Waals surface area contributed by atoms with Gasteiger partial charge in [0.05, 0.1) is 0 Å². The van der Waals surface area contributed by atoms with Crippen LogP contribution in [-0.2, 0) is 13.0 Å². The summed E-state index contributed by atoms with van der Waals surface area (Å²) in [5.74, 6) is 0. The number of unbranched alkanes of at least 4 members (excludes halogenated alkanes) is 7. The third kappa shape index (κ3) is 8.37. The van der Waals surface area contributed by atoms with E-state index in [9.17, 15) is 0 Å². The molecule has 0 amide bonds. The first kappa shape index (κ1) is 19.2. The van der Waals surface area contributed by atoms with Crippen LogP contribution in [0.25, 0.3) is 0 Å². The van der Waals surface area contributed by atoms with E-state index in [0.717, 1.165) is 6.54 Å². The summed E-state index contributed by atoms with van der Waals surface area (Å²) in [4.78, 5) is 0. The molecule has 1 aromatic heterocycles. The van der Waals surface area contributed by atoms with Crippen LogP contribution in [0.2, 0.25) is 0 Å². The number of pyridine rings is 1. The quantitative estimate of drug-likeness (QED) is 0.333. The van der Waals surface area contributed by atoms with Gasteiger partial charge in [-0.1, -0.05) is 64.5 Å². The zero-order valence-corrected chi connectivity index (χ0v) is 13.7. The molecule has 0 fully saturated rings. The van der Waals surface area contributed by atoms with Gasteiger partial charge in [0.2, 0.25) is 0 Å². The van der Waals surface area contributed by atoms with E-state index in [1.165, 1.54) is 63.5 Å². The molecule has 0 bridgehead atoms. The topological polar surface area (TPSA) is 3.88 Å². The average molecular weight is 296 g/mol. The lowest BCUT2D eigenvalue weighted by Gasteiger charge is -2.03. The van der Waals surface area contributed by atoms with Crippen LogP contribution in [0.5, 0.6) is 0 Å². The van der Waals surface area contributed by atoms with Gasteiger partial charge in [-0.05, 0) is 12.5 Å². The standard InChI is InChI=1S/C18H30N.ClH/c1-3-5-6-7-8-9-10-11-14-18-15-12-13-17-19(18)16-4-2;/h4,12-13,15,17H,2-3,5-11,14,16H2,1H3;1H/q+1;/p-1. The fourth-order valence-corrected chi connectivity index (χ4v) is 2.50. The predicted molar refractivity (Wildman–Crippen MR) is 83.1 cm³/mol. The van der Waals surface area contributed by atoms with E-state index >= 15 is 0 Å². The summed E-state index contributed by atoms with van der Waals surface area (Å²) < 4.78 is 2.30. The van der Waals surface area contributed by atoms with Crippen LogP contribution < -0.4 is 17.0 Å². The van der Waals surface area contributed by atoms with Gasteiger partial charge < -0.3 is 12.4 Å². The Kier molecular flexibility index (Phi) is 12.6. The maximum absolute atomic E-state index is 3.82. The highest BCUT2D eigenvalue weighted by Gasteiger charge is 2.06. The molecule has 0 spiro atoms. The molecule has 1 nitrogen and oxygen atoms in total. The van der Waals surface area contributed by atoms with E-state index in [0.29, 0.717) is 0 Å². The summed E-state index contributed by atoms with van der Waals surface area (Å²) in [6, 6.07) is 6.48. The van der Waals surface area contributed by atoms with Gasteiger partial charge in [0, 0.05) is 18.6 Å². The second kappa shape index (κ2) is 13.2. The van der Waals surface area contributed by atoms with E-state index in [1.807, 2.05) is 6.08 Å². The van der Waals surface area contributed by atoms with Crippen molar-refractivity contribution in [2.24, 2.45) is 0 Å². The van der Waals surface area contributed by atoms with Crippen molar-refractivity contribution in [3.63, 3.8) is 0 Å². The Bertz CT molecular complexity index is 349. The van der Waals surface area contributed by atoms with Crippen molar-refractivity contribution in [2.45, 2.75) is 71.3 Å². The highest BCUT2D eigenvalue weighted by Crippen LogP contribution is 2.10. The molecule has 0 N–H and O–H groups in total. The summed E-state index contributed by atoms with van der Waals surface area (Å²) in [5.41, 5.74) is 1.44. The Morgan fingerprint density at radius 2 is 1.65 bits per heavy atom. The van der Waals surface area contributed by atoms with Crippen molar-refractivity contribution in [1.29, 1.82) is 0 Å². The summed E-state index contributed by atoms with van der Waals surface area (Å²) in [6.45, 7) is 7.02. The maximum atomic E-state index is 3.82. The van der Waals surface area contributed by atoms with E-state index in [-0.39, 0.29) is 12.4 Å². The van der Waals surface area contributed by atoms with Gasteiger partial charge >= 0.3 is 0 Å². The Morgan fingerprint density at radius 3 is 2.30 bits per heavy atom. The monoisotopic (exact) mass is 295 g/mol. The molecule has 0 aliphatic rings. The Hall–Kier alpha value is -0.820. The SMILES string of the molecule is C=CC[n+]1ccccc1CCCCCCCCCC.[Cl-]. The van der Waals surface area contributed by atoms with Crippen molar-refractivity contribution in [2.75, 3.05) is 0 Å². The van der Waals surface area contributed by atoms with Gasteiger partial charge in [0.25, 0.3) is 0 Å². The highest BCUT2D eigenvalue weighted by atomic mass is 35.5. The van der Waals surface area contributed by atoms with E-state index in [4.69, 9.17) is 0 Å². The predicted octanol–water partition coefficient (Wildman–Crippen LogP) is 1.85. The molecule has 1 heterocycles. The van der Waals surface area contributed by atoms with Gasteiger partial charge in [0.1, 0.15) is 0 Å². The second-order valence-electron chi connectivity index (χ2n) is 5.36. The van der Waals surface area contributed by atoms with Crippen LogP contribution in [-0.4, -0.2) is 0 Å². The third-order valence-electron chi connectivity index (χ3n) is 3.65. The van der Waals surface area contributed by atoms with Crippen LogP contribution >= 0.6 is 0 Å². The van der Waals surface area contributed by atoms with Gasteiger partial charge in [-0.2, -0.15) is 4.57 Å². The maximum Gasteiger partial charge on any atom is 0.181 e. The number of rotatable bonds is 11. The minimum atomic E-state index is 0. The highest BCUT2D eigenvalue weighted by molar-refractivity contribution is 4.97. The number of allylic oxidation sites excluding steroid dienone is 1.